The predicted octanol–water partition coefficient (Wildman–Crippen LogP) is 1.95. The van der Waals surface area contributed by atoms with Gasteiger partial charge in [0.2, 0.25) is 0 Å². The van der Waals surface area contributed by atoms with Crippen molar-refractivity contribution in [2.45, 2.75) is 41.5 Å². The second-order valence-electron chi connectivity index (χ2n) is 6.12. The largest absolute Gasteiger partial charge is 2.00 e. The summed E-state index contributed by atoms with van der Waals surface area (Å²) in [4.78, 5) is 21.3. The van der Waals surface area contributed by atoms with E-state index in [0.29, 0.717) is 11.1 Å². The molecule has 0 amide bonds. The molecule has 128 valence electrons. The van der Waals surface area contributed by atoms with Gasteiger partial charge in [-0.25, -0.2) is 0 Å². The summed E-state index contributed by atoms with van der Waals surface area (Å²) in [5.41, 5.74) is 5.88. The standard InChI is InChI=1S/2C10H12O2.Cd/c2*1-6-4-7(2)9(10(11)12)8(3)5-6;/h2*4-5H,1-3H3,(H,11,12);/q;;+2/p-2. The van der Waals surface area contributed by atoms with Crippen LogP contribution in [0.4, 0.5) is 0 Å². The third kappa shape index (κ3) is 6.27. The van der Waals surface area contributed by atoms with E-state index in [1.54, 1.807) is 27.7 Å². The van der Waals surface area contributed by atoms with Crippen LogP contribution in [0.1, 0.15) is 54.1 Å². The first-order valence-corrected chi connectivity index (χ1v) is 7.63. The molecule has 0 radical (unpaired) electrons. The Kier molecular flexibility index (Phi) is 9.04. The zero-order valence-corrected chi connectivity index (χ0v) is 19.7. The van der Waals surface area contributed by atoms with E-state index in [-0.39, 0.29) is 27.3 Å². The van der Waals surface area contributed by atoms with Crippen molar-refractivity contribution in [3.63, 3.8) is 0 Å². The van der Waals surface area contributed by atoms with E-state index in [4.69, 9.17) is 0 Å². The minimum Gasteiger partial charge on any atom is -0.545 e. The fourth-order valence-corrected chi connectivity index (χ4v) is 3.00. The molecule has 5 heteroatoms. The average molecular weight is 439 g/mol. The number of rotatable bonds is 2. The molecule has 0 saturated heterocycles. The van der Waals surface area contributed by atoms with Gasteiger partial charge in [-0.1, -0.05) is 35.4 Å². The first-order chi connectivity index (χ1) is 11.0. The van der Waals surface area contributed by atoms with Gasteiger partial charge in [0.05, 0.1) is 11.9 Å². The molecule has 0 aliphatic heterocycles. The normalized spacial score (nSPS) is 9.52. The van der Waals surface area contributed by atoms with Crippen molar-refractivity contribution in [3.05, 3.63) is 68.8 Å². The van der Waals surface area contributed by atoms with Gasteiger partial charge >= 0.3 is 27.3 Å². The van der Waals surface area contributed by atoms with Gasteiger partial charge in [-0.15, -0.1) is 0 Å². The fourth-order valence-electron chi connectivity index (χ4n) is 3.00. The van der Waals surface area contributed by atoms with Crippen molar-refractivity contribution in [1.82, 2.24) is 0 Å². The van der Waals surface area contributed by atoms with Crippen molar-refractivity contribution in [2.24, 2.45) is 0 Å². The Bertz CT molecular complexity index is 681. The van der Waals surface area contributed by atoms with Crippen molar-refractivity contribution in [3.8, 4) is 0 Å². The summed E-state index contributed by atoms with van der Waals surface area (Å²) in [6, 6.07) is 7.38. The second kappa shape index (κ2) is 9.70. The van der Waals surface area contributed by atoms with Crippen molar-refractivity contribution >= 4 is 11.9 Å². The van der Waals surface area contributed by atoms with Crippen LogP contribution < -0.4 is 10.2 Å². The molecule has 0 unspecified atom stereocenters. The zero-order valence-electron chi connectivity index (χ0n) is 15.6. The number of hydrogen-bond donors (Lipinski definition) is 0. The summed E-state index contributed by atoms with van der Waals surface area (Å²) in [6.07, 6.45) is 0. The first kappa shape index (κ1) is 23.3. The van der Waals surface area contributed by atoms with Gasteiger partial charge in [0.1, 0.15) is 0 Å². The molecular weight excluding hydrogens is 417 g/mol. The summed E-state index contributed by atoms with van der Waals surface area (Å²) < 4.78 is 0. The van der Waals surface area contributed by atoms with Crippen LogP contribution in [-0.4, -0.2) is 11.9 Å². The molecule has 25 heavy (non-hydrogen) atoms. The molecule has 2 aromatic carbocycles. The number of carboxylic acid groups (broad SMARTS) is 2. The molecule has 0 atom stereocenters. The Hall–Kier alpha value is -1.70. The molecule has 2 aromatic rings. The van der Waals surface area contributed by atoms with Crippen LogP contribution in [0.5, 0.6) is 0 Å². The van der Waals surface area contributed by atoms with Crippen LogP contribution in [0.15, 0.2) is 24.3 Å². The third-order valence-corrected chi connectivity index (χ3v) is 3.76. The Morgan fingerprint density at radius 3 is 0.960 bits per heavy atom. The second-order valence-corrected chi connectivity index (χ2v) is 6.12. The molecule has 0 fully saturated rings. The van der Waals surface area contributed by atoms with E-state index < -0.39 is 11.9 Å². The Labute approximate surface area is 169 Å². The van der Waals surface area contributed by atoms with Crippen molar-refractivity contribution in [1.29, 1.82) is 0 Å². The topological polar surface area (TPSA) is 80.3 Å². The van der Waals surface area contributed by atoms with Gasteiger partial charge in [0.25, 0.3) is 0 Å². The van der Waals surface area contributed by atoms with E-state index in [0.717, 1.165) is 33.4 Å². The zero-order chi connectivity index (χ0) is 18.6. The van der Waals surface area contributed by atoms with Crippen LogP contribution in [0.25, 0.3) is 0 Å². The van der Waals surface area contributed by atoms with Crippen LogP contribution in [0.2, 0.25) is 0 Å². The minimum absolute atomic E-state index is 0. The molecule has 2 rings (SSSR count). The van der Waals surface area contributed by atoms with E-state index >= 15 is 0 Å². The summed E-state index contributed by atoms with van der Waals surface area (Å²) in [7, 11) is 0. The molecule has 0 spiro atoms. The molecule has 4 nitrogen and oxygen atoms in total. The molecule has 0 saturated carbocycles. The first-order valence-electron chi connectivity index (χ1n) is 7.63. The summed E-state index contributed by atoms with van der Waals surface area (Å²) in [6.45, 7) is 11.0. The molecule has 0 aliphatic carbocycles. The maximum Gasteiger partial charge on any atom is 2.00 e. The van der Waals surface area contributed by atoms with Gasteiger partial charge in [0, 0.05) is 11.1 Å². The SMILES string of the molecule is Cc1cc(C)c(C(=O)[O-])c(C)c1.Cc1cc(C)c(C(=O)[O-])c(C)c1.[Cd+2]. The quantitative estimate of drug-likeness (QED) is 0.671. The fraction of sp³-hybridized carbons (Fsp3) is 0.300. The maximum atomic E-state index is 10.6. The number of carboxylic acids is 2. The van der Waals surface area contributed by atoms with E-state index in [9.17, 15) is 19.8 Å². The molecular formula is C20H22CdO4. The Morgan fingerprint density at radius 2 is 0.800 bits per heavy atom. The monoisotopic (exact) mass is 440 g/mol. The predicted molar refractivity (Wildman–Crippen MR) is 90.0 cm³/mol. The van der Waals surface area contributed by atoms with Crippen molar-refractivity contribution in [2.75, 3.05) is 0 Å². The Balaban J connectivity index is 0.000000443. The van der Waals surface area contributed by atoms with Crippen LogP contribution in [-0.2, 0) is 27.3 Å². The molecule has 0 heterocycles. The molecule has 0 aliphatic rings. The smallest absolute Gasteiger partial charge is 0.545 e. The van der Waals surface area contributed by atoms with Crippen LogP contribution in [0.3, 0.4) is 0 Å². The van der Waals surface area contributed by atoms with E-state index in [1.807, 2.05) is 38.1 Å². The number of aromatic carboxylic acids is 2. The molecule has 0 N–H and O–H groups in total. The summed E-state index contributed by atoms with van der Waals surface area (Å²) in [5.74, 6) is -2.19. The summed E-state index contributed by atoms with van der Waals surface area (Å²) >= 11 is 0. The number of carbonyl (C=O) groups is 2. The summed E-state index contributed by atoms with van der Waals surface area (Å²) in [5, 5.41) is 21.3. The average Bonchev–Trinajstić information content (AvgIpc) is 2.35. The van der Waals surface area contributed by atoms with Crippen molar-refractivity contribution < 1.29 is 47.1 Å². The maximum absolute atomic E-state index is 10.6. The van der Waals surface area contributed by atoms with Gasteiger partial charge in [-0.3, -0.25) is 0 Å². The molecule has 0 bridgehead atoms. The van der Waals surface area contributed by atoms with E-state index in [1.165, 1.54) is 0 Å². The van der Waals surface area contributed by atoms with Gasteiger partial charge in [-0.05, 0) is 63.8 Å². The van der Waals surface area contributed by atoms with Gasteiger partial charge in [-0.2, -0.15) is 0 Å². The number of hydrogen-bond acceptors (Lipinski definition) is 4. The third-order valence-electron chi connectivity index (χ3n) is 3.76. The Morgan fingerprint density at radius 1 is 0.600 bits per heavy atom. The molecule has 0 aromatic heterocycles. The number of benzene rings is 2. The minimum atomic E-state index is -1.09. The van der Waals surface area contributed by atoms with Crippen LogP contribution in [0, 0.1) is 41.5 Å². The van der Waals surface area contributed by atoms with E-state index in [2.05, 4.69) is 0 Å². The van der Waals surface area contributed by atoms with Crippen LogP contribution >= 0.6 is 0 Å². The number of carbonyl (C=O) groups excluding carboxylic acids is 2. The van der Waals surface area contributed by atoms with Gasteiger partial charge < -0.3 is 19.8 Å². The number of aryl methyl sites for hydroxylation is 6. The van der Waals surface area contributed by atoms with Gasteiger partial charge in [0.15, 0.2) is 0 Å².